The Balaban J connectivity index is 1.81. The largest absolute Gasteiger partial charge is 0.355 e. The van der Waals surface area contributed by atoms with Crippen LogP contribution in [0.1, 0.15) is 23.1 Å². The number of benzene rings is 2. The summed E-state index contributed by atoms with van der Waals surface area (Å²) >= 11 is 0. The van der Waals surface area contributed by atoms with Crippen LogP contribution in [0.2, 0.25) is 0 Å². The van der Waals surface area contributed by atoms with Gasteiger partial charge in [-0.1, -0.05) is 60.2 Å². The Kier molecular flexibility index (Phi) is 7.36. The molecule has 0 heterocycles. The van der Waals surface area contributed by atoms with Crippen LogP contribution in [0.25, 0.3) is 0 Å². The van der Waals surface area contributed by atoms with E-state index in [9.17, 15) is 13.2 Å². The number of sulfonamides is 1. The van der Waals surface area contributed by atoms with Gasteiger partial charge in [0.1, 0.15) is 0 Å². The van der Waals surface area contributed by atoms with Crippen molar-refractivity contribution in [2.24, 2.45) is 0 Å². The average Bonchev–Trinajstić information content (AvgIpc) is 2.58. The molecule has 0 atom stereocenters. The van der Waals surface area contributed by atoms with E-state index in [2.05, 4.69) is 30.4 Å². The maximum Gasteiger partial charge on any atom is 0.235 e. The van der Waals surface area contributed by atoms with E-state index in [1.165, 1.54) is 15.4 Å². The first kappa shape index (κ1) is 20.1. The number of nitrogens with zero attached hydrogens (tertiary/aromatic N) is 1. The fourth-order valence-corrected chi connectivity index (χ4v) is 3.42. The van der Waals surface area contributed by atoms with Crippen molar-refractivity contribution in [2.75, 3.05) is 19.3 Å². The van der Waals surface area contributed by atoms with Crippen molar-refractivity contribution in [3.8, 4) is 0 Å². The summed E-state index contributed by atoms with van der Waals surface area (Å²) in [5, 5.41) is 2.81. The summed E-state index contributed by atoms with van der Waals surface area (Å²) in [6.45, 7) is 2.60. The summed E-state index contributed by atoms with van der Waals surface area (Å²) in [6.07, 6.45) is 2.81. The van der Waals surface area contributed by atoms with Gasteiger partial charge < -0.3 is 5.32 Å². The minimum Gasteiger partial charge on any atom is -0.355 e. The topological polar surface area (TPSA) is 66.5 Å². The molecule has 26 heavy (non-hydrogen) atoms. The van der Waals surface area contributed by atoms with E-state index in [0.29, 0.717) is 6.54 Å². The summed E-state index contributed by atoms with van der Waals surface area (Å²) in [4.78, 5) is 12.1. The molecule has 0 unspecified atom stereocenters. The summed E-state index contributed by atoms with van der Waals surface area (Å²) in [6, 6.07) is 17.5. The highest BCUT2D eigenvalue weighted by atomic mass is 32.2. The molecule has 0 radical (unpaired) electrons. The molecule has 0 spiro atoms. The third kappa shape index (κ3) is 6.98. The summed E-state index contributed by atoms with van der Waals surface area (Å²) in [5.41, 5.74) is 3.31. The minimum absolute atomic E-state index is 0.168. The molecule has 2 aromatic carbocycles. The fraction of sp³-hybridized carbons (Fsp3) is 0.350. The number of aryl methyl sites for hydroxylation is 2. The van der Waals surface area contributed by atoms with Crippen molar-refractivity contribution in [1.29, 1.82) is 0 Å². The van der Waals surface area contributed by atoms with Crippen molar-refractivity contribution in [1.82, 2.24) is 9.62 Å². The summed E-state index contributed by atoms with van der Waals surface area (Å²) in [5.74, 6) is -0.282. The number of amides is 1. The number of hydrogen-bond donors (Lipinski definition) is 1. The van der Waals surface area contributed by atoms with Gasteiger partial charge in [-0.2, -0.15) is 4.31 Å². The molecule has 6 heteroatoms. The number of carbonyl (C=O) groups excluding carboxylic acids is 1. The first-order valence-corrected chi connectivity index (χ1v) is 10.5. The van der Waals surface area contributed by atoms with Crippen molar-refractivity contribution >= 4 is 15.9 Å². The molecule has 1 N–H and O–H groups in total. The Bertz CT molecular complexity index is 820. The molecule has 0 bridgehead atoms. The fourth-order valence-electron chi connectivity index (χ4n) is 2.68. The van der Waals surface area contributed by atoms with Gasteiger partial charge in [0.15, 0.2) is 0 Å². The first-order valence-electron chi connectivity index (χ1n) is 8.66. The summed E-state index contributed by atoms with van der Waals surface area (Å²) in [7, 11) is -3.46. The van der Waals surface area contributed by atoms with Crippen LogP contribution in [0.4, 0.5) is 0 Å². The second kappa shape index (κ2) is 9.50. The van der Waals surface area contributed by atoms with Crippen LogP contribution in [-0.4, -0.2) is 38.0 Å². The number of hydrogen-bond acceptors (Lipinski definition) is 3. The van der Waals surface area contributed by atoms with Crippen molar-refractivity contribution < 1.29 is 13.2 Å². The Morgan fingerprint density at radius 3 is 2.38 bits per heavy atom. The van der Waals surface area contributed by atoms with Crippen molar-refractivity contribution in [3.63, 3.8) is 0 Å². The van der Waals surface area contributed by atoms with Gasteiger partial charge in [-0.3, -0.25) is 4.79 Å². The van der Waals surface area contributed by atoms with E-state index in [1.807, 2.05) is 36.4 Å². The van der Waals surface area contributed by atoms with Gasteiger partial charge in [0, 0.05) is 13.1 Å². The van der Waals surface area contributed by atoms with Crippen molar-refractivity contribution in [2.45, 2.75) is 26.3 Å². The zero-order valence-corrected chi connectivity index (χ0v) is 16.1. The third-order valence-corrected chi connectivity index (χ3v) is 5.23. The Labute approximate surface area is 156 Å². The molecule has 1 amide bonds. The van der Waals surface area contributed by atoms with E-state index >= 15 is 0 Å². The van der Waals surface area contributed by atoms with Gasteiger partial charge in [0.2, 0.25) is 15.9 Å². The highest BCUT2D eigenvalue weighted by Gasteiger charge is 2.20. The number of nitrogens with one attached hydrogen (secondary N) is 1. The SMILES string of the molecule is Cc1cccc(CCCNC(=O)CN(Cc2ccccc2)S(C)(=O)=O)c1. The van der Waals surface area contributed by atoms with Crippen LogP contribution >= 0.6 is 0 Å². The molecule has 0 aliphatic carbocycles. The number of rotatable bonds is 9. The maximum absolute atomic E-state index is 12.1. The highest BCUT2D eigenvalue weighted by molar-refractivity contribution is 7.88. The van der Waals surface area contributed by atoms with Gasteiger partial charge in [-0.05, 0) is 30.9 Å². The van der Waals surface area contributed by atoms with E-state index in [0.717, 1.165) is 24.7 Å². The van der Waals surface area contributed by atoms with Crippen LogP contribution < -0.4 is 5.32 Å². The normalized spacial score (nSPS) is 11.5. The maximum atomic E-state index is 12.1. The molecule has 0 aromatic heterocycles. The molecule has 0 aliphatic rings. The van der Waals surface area contributed by atoms with Gasteiger partial charge in [0.25, 0.3) is 0 Å². The van der Waals surface area contributed by atoms with Crippen molar-refractivity contribution in [3.05, 3.63) is 71.3 Å². The Morgan fingerprint density at radius 2 is 1.73 bits per heavy atom. The molecule has 140 valence electrons. The Hall–Kier alpha value is -2.18. The van der Waals surface area contributed by atoms with Gasteiger partial charge >= 0.3 is 0 Å². The van der Waals surface area contributed by atoms with Crippen LogP contribution in [-0.2, 0) is 27.8 Å². The summed E-state index contributed by atoms with van der Waals surface area (Å²) < 4.78 is 25.1. The third-order valence-electron chi connectivity index (χ3n) is 4.04. The van der Waals surface area contributed by atoms with Gasteiger partial charge in [-0.15, -0.1) is 0 Å². The monoisotopic (exact) mass is 374 g/mol. The molecule has 0 aliphatic heterocycles. The lowest BCUT2D eigenvalue weighted by Crippen LogP contribution is -2.40. The second-order valence-corrected chi connectivity index (χ2v) is 8.44. The van der Waals surface area contributed by atoms with Crippen LogP contribution in [0, 0.1) is 6.92 Å². The molecule has 2 rings (SSSR count). The zero-order chi connectivity index (χ0) is 19.0. The quantitative estimate of drug-likeness (QED) is 0.686. The molecule has 0 saturated carbocycles. The van der Waals surface area contributed by atoms with Crippen LogP contribution in [0.5, 0.6) is 0 Å². The molecular formula is C20H26N2O3S. The molecule has 5 nitrogen and oxygen atoms in total. The first-order chi connectivity index (χ1) is 12.3. The van der Waals surface area contributed by atoms with E-state index in [4.69, 9.17) is 0 Å². The second-order valence-electron chi connectivity index (χ2n) is 6.46. The molecule has 0 fully saturated rings. The number of carbonyl (C=O) groups is 1. The van der Waals surface area contributed by atoms with Crippen LogP contribution in [0.3, 0.4) is 0 Å². The Morgan fingerprint density at radius 1 is 1.04 bits per heavy atom. The zero-order valence-electron chi connectivity index (χ0n) is 15.3. The predicted molar refractivity (Wildman–Crippen MR) is 104 cm³/mol. The lowest BCUT2D eigenvalue weighted by Gasteiger charge is -2.19. The predicted octanol–water partition coefficient (Wildman–Crippen LogP) is 2.51. The van der Waals surface area contributed by atoms with E-state index < -0.39 is 10.0 Å². The standard InChI is InChI=1S/C20H26N2O3S/c1-17-8-6-11-18(14-17)12-7-13-21-20(23)16-22(26(2,24)25)15-19-9-4-3-5-10-19/h3-6,8-11,14H,7,12-13,15-16H2,1-2H3,(H,21,23). The smallest absolute Gasteiger partial charge is 0.235 e. The minimum atomic E-state index is -3.46. The highest BCUT2D eigenvalue weighted by Crippen LogP contribution is 2.08. The average molecular weight is 375 g/mol. The molecule has 2 aromatic rings. The molecular weight excluding hydrogens is 348 g/mol. The molecule has 0 saturated heterocycles. The van der Waals surface area contributed by atoms with Gasteiger partial charge in [-0.25, -0.2) is 8.42 Å². The van der Waals surface area contributed by atoms with Gasteiger partial charge in [0.05, 0.1) is 12.8 Å². The lowest BCUT2D eigenvalue weighted by molar-refractivity contribution is -0.121. The van der Waals surface area contributed by atoms with Crippen LogP contribution in [0.15, 0.2) is 54.6 Å². The van der Waals surface area contributed by atoms with E-state index in [1.54, 1.807) is 0 Å². The van der Waals surface area contributed by atoms with E-state index in [-0.39, 0.29) is 19.0 Å². The lowest BCUT2D eigenvalue weighted by atomic mass is 10.1.